The first-order valence-electron chi connectivity index (χ1n) is 9.31. The van der Waals surface area contributed by atoms with Crippen molar-refractivity contribution in [2.45, 2.75) is 53.4 Å². The molecule has 2 heterocycles. The molecule has 1 fully saturated rings. The van der Waals surface area contributed by atoms with Crippen LogP contribution in [-0.4, -0.2) is 41.1 Å². The molecule has 1 saturated carbocycles. The summed E-state index contributed by atoms with van der Waals surface area (Å²) in [6, 6.07) is 0. The monoisotopic (exact) mass is 330 g/mol. The number of hydrogen-bond acceptors (Lipinski definition) is 3. The van der Waals surface area contributed by atoms with Crippen LogP contribution in [0.4, 0.5) is 0 Å². The third kappa shape index (κ3) is 3.41. The zero-order valence-corrected chi connectivity index (χ0v) is 15.4. The normalized spacial score (nSPS) is 20.6. The summed E-state index contributed by atoms with van der Waals surface area (Å²) in [5.41, 5.74) is 8.97. The highest BCUT2D eigenvalue weighted by Gasteiger charge is 2.40. The molecular weight excluding hydrogens is 300 g/mol. The van der Waals surface area contributed by atoms with E-state index in [1.54, 1.807) is 0 Å². The summed E-state index contributed by atoms with van der Waals surface area (Å²) in [6.07, 6.45) is 4.18. The van der Waals surface area contributed by atoms with Crippen LogP contribution in [0.3, 0.4) is 0 Å². The van der Waals surface area contributed by atoms with Gasteiger partial charge in [-0.25, -0.2) is 5.43 Å². The molecular formula is C19H30N4O. The fourth-order valence-corrected chi connectivity index (χ4v) is 3.81. The van der Waals surface area contributed by atoms with E-state index in [1.807, 2.05) is 0 Å². The lowest BCUT2D eigenvalue weighted by molar-refractivity contribution is -0.122. The van der Waals surface area contributed by atoms with Gasteiger partial charge < -0.3 is 9.88 Å². The van der Waals surface area contributed by atoms with Gasteiger partial charge in [0, 0.05) is 24.4 Å². The number of nitrogens with zero attached hydrogens (tertiary/aromatic N) is 2. The largest absolute Gasteiger partial charge is 0.362 e. The second-order valence-electron chi connectivity index (χ2n) is 7.15. The van der Waals surface area contributed by atoms with Crippen molar-refractivity contribution in [3.8, 4) is 0 Å². The first kappa shape index (κ1) is 17.2. The molecule has 1 unspecified atom stereocenters. The summed E-state index contributed by atoms with van der Waals surface area (Å²) in [5, 5.41) is 4.29. The van der Waals surface area contributed by atoms with E-state index in [0.717, 1.165) is 38.2 Å². The van der Waals surface area contributed by atoms with E-state index < -0.39 is 0 Å². The fraction of sp³-hybridized carbons (Fsp3) is 0.684. The van der Waals surface area contributed by atoms with Crippen molar-refractivity contribution in [1.82, 2.24) is 15.3 Å². The number of carbonyl (C=O) groups excluding carboxylic acids is 1. The predicted octanol–water partition coefficient (Wildman–Crippen LogP) is 2.57. The molecule has 0 aromatic carbocycles. The zero-order chi connectivity index (χ0) is 17.3. The number of amides is 1. The van der Waals surface area contributed by atoms with E-state index >= 15 is 0 Å². The average Bonchev–Trinajstić information content (AvgIpc) is 3.30. The SMILES string of the molecule is CCN(CC)CCc1c(C)[nH]c(CC2C(=O)NN=C2C2CC2)c1C. The van der Waals surface area contributed by atoms with Crippen LogP contribution < -0.4 is 5.43 Å². The van der Waals surface area contributed by atoms with Gasteiger partial charge in [0.05, 0.1) is 11.6 Å². The standard InChI is InChI=1S/C19H30N4O/c1-5-23(6-2)10-9-15-12(3)17(20-13(15)4)11-16-18(14-7-8-14)21-22-19(16)24/h14,16,20H,5-11H2,1-4H3,(H,22,24). The van der Waals surface area contributed by atoms with E-state index in [4.69, 9.17) is 0 Å². The Kier molecular flexibility index (Phi) is 5.09. The van der Waals surface area contributed by atoms with Crippen LogP contribution in [0.15, 0.2) is 5.10 Å². The minimum Gasteiger partial charge on any atom is -0.362 e. The summed E-state index contributed by atoms with van der Waals surface area (Å²) in [7, 11) is 0. The summed E-state index contributed by atoms with van der Waals surface area (Å²) in [5.74, 6) is 0.519. The highest BCUT2D eigenvalue weighted by atomic mass is 16.2. The second kappa shape index (κ2) is 7.09. The molecule has 0 spiro atoms. The van der Waals surface area contributed by atoms with Crippen LogP contribution in [0.2, 0.25) is 0 Å². The third-order valence-electron chi connectivity index (χ3n) is 5.64. The Morgan fingerprint density at radius 2 is 1.92 bits per heavy atom. The van der Waals surface area contributed by atoms with Crippen LogP contribution in [0.25, 0.3) is 0 Å². The molecule has 3 rings (SSSR count). The second-order valence-corrected chi connectivity index (χ2v) is 7.15. The highest BCUT2D eigenvalue weighted by Crippen LogP contribution is 2.36. The Morgan fingerprint density at radius 1 is 1.21 bits per heavy atom. The minimum atomic E-state index is -0.0788. The minimum absolute atomic E-state index is 0.0632. The number of carbonyl (C=O) groups is 1. The number of rotatable bonds is 8. The Labute approximate surface area is 144 Å². The number of hydrazone groups is 1. The first-order valence-corrected chi connectivity index (χ1v) is 9.31. The first-order chi connectivity index (χ1) is 11.5. The van der Waals surface area contributed by atoms with Crippen LogP contribution in [-0.2, 0) is 17.6 Å². The highest BCUT2D eigenvalue weighted by molar-refractivity contribution is 6.09. The van der Waals surface area contributed by atoms with Gasteiger partial charge in [0.2, 0.25) is 5.91 Å². The van der Waals surface area contributed by atoms with Gasteiger partial charge in [-0.2, -0.15) is 5.10 Å². The molecule has 1 aromatic rings. The van der Waals surface area contributed by atoms with E-state index in [0.29, 0.717) is 5.92 Å². The molecule has 0 radical (unpaired) electrons. The molecule has 1 atom stereocenters. The maximum atomic E-state index is 12.2. The summed E-state index contributed by atoms with van der Waals surface area (Å²) < 4.78 is 0. The Bertz CT molecular complexity index is 638. The van der Waals surface area contributed by atoms with Crippen molar-refractivity contribution < 1.29 is 4.79 Å². The fourth-order valence-electron chi connectivity index (χ4n) is 3.81. The van der Waals surface area contributed by atoms with Crippen molar-refractivity contribution in [3.05, 3.63) is 22.5 Å². The van der Waals surface area contributed by atoms with E-state index in [9.17, 15) is 4.79 Å². The van der Waals surface area contributed by atoms with Crippen LogP contribution in [0.5, 0.6) is 0 Å². The molecule has 2 aliphatic rings. The smallest absolute Gasteiger partial charge is 0.249 e. The van der Waals surface area contributed by atoms with Gasteiger partial charge in [-0.05, 0) is 63.2 Å². The van der Waals surface area contributed by atoms with Crippen LogP contribution >= 0.6 is 0 Å². The number of likely N-dealkylation sites (N-methyl/N-ethyl adjacent to an activating group) is 1. The molecule has 132 valence electrons. The summed E-state index contributed by atoms with van der Waals surface area (Å²) in [6.45, 7) is 12.0. The molecule has 24 heavy (non-hydrogen) atoms. The topological polar surface area (TPSA) is 60.5 Å². The van der Waals surface area contributed by atoms with Crippen LogP contribution in [0, 0.1) is 25.7 Å². The van der Waals surface area contributed by atoms with Gasteiger partial charge in [-0.15, -0.1) is 0 Å². The molecule has 5 nitrogen and oxygen atoms in total. The lowest BCUT2D eigenvalue weighted by Crippen LogP contribution is -2.26. The van der Waals surface area contributed by atoms with E-state index in [2.05, 4.69) is 48.1 Å². The molecule has 0 bridgehead atoms. The van der Waals surface area contributed by atoms with E-state index in [1.165, 1.54) is 35.4 Å². The molecule has 5 heteroatoms. The quantitative estimate of drug-likeness (QED) is 0.769. The molecule has 1 aromatic heterocycles. The van der Waals surface area contributed by atoms with Gasteiger partial charge in [0.15, 0.2) is 0 Å². The van der Waals surface area contributed by atoms with Gasteiger partial charge in [0.1, 0.15) is 0 Å². The molecule has 2 N–H and O–H groups in total. The van der Waals surface area contributed by atoms with Crippen molar-refractivity contribution in [3.63, 3.8) is 0 Å². The Hall–Kier alpha value is -1.62. The maximum absolute atomic E-state index is 12.2. The van der Waals surface area contributed by atoms with Gasteiger partial charge in [-0.3, -0.25) is 4.79 Å². The number of aromatic nitrogens is 1. The Balaban J connectivity index is 1.71. The van der Waals surface area contributed by atoms with Crippen molar-refractivity contribution in [2.24, 2.45) is 16.9 Å². The number of H-pyrrole nitrogens is 1. The summed E-state index contributed by atoms with van der Waals surface area (Å²) in [4.78, 5) is 18.2. The predicted molar refractivity (Wildman–Crippen MR) is 97.3 cm³/mol. The Morgan fingerprint density at radius 3 is 2.54 bits per heavy atom. The van der Waals surface area contributed by atoms with Gasteiger partial charge in [0.25, 0.3) is 0 Å². The van der Waals surface area contributed by atoms with Gasteiger partial charge in [-0.1, -0.05) is 13.8 Å². The van der Waals surface area contributed by atoms with Crippen LogP contribution in [0.1, 0.15) is 49.2 Å². The zero-order valence-electron chi connectivity index (χ0n) is 15.4. The van der Waals surface area contributed by atoms with Crippen molar-refractivity contribution in [2.75, 3.05) is 19.6 Å². The van der Waals surface area contributed by atoms with Crippen molar-refractivity contribution in [1.29, 1.82) is 0 Å². The molecule has 1 aliphatic heterocycles. The molecule has 1 aliphatic carbocycles. The molecule has 0 saturated heterocycles. The number of aryl methyl sites for hydroxylation is 1. The molecule has 1 amide bonds. The van der Waals surface area contributed by atoms with Crippen molar-refractivity contribution >= 4 is 11.6 Å². The number of aromatic amines is 1. The lowest BCUT2D eigenvalue weighted by Gasteiger charge is -2.18. The average molecular weight is 330 g/mol. The van der Waals surface area contributed by atoms with E-state index in [-0.39, 0.29) is 11.8 Å². The maximum Gasteiger partial charge on any atom is 0.249 e. The number of nitrogens with one attached hydrogen (secondary N) is 2. The van der Waals surface area contributed by atoms with Gasteiger partial charge >= 0.3 is 0 Å². The third-order valence-corrected chi connectivity index (χ3v) is 5.64. The number of hydrogen-bond donors (Lipinski definition) is 2. The summed E-state index contributed by atoms with van der Waals surface area (Å²) >= 11 is 0. The lowest BCUT2D eigenvalue weighted by atomic mass is 9.93.